The summed E-state index contributed by atoms with van der Waals surface area (Å²) in [5.74, 6) is 0. The van der Waals surface area contributed by atoms with E-state index in [9.17, 15) is 13.2 Å². The van der Waals surface area contributed by atoms with Crippen LogP contribution in [-0.4, -0.2) is 4.98 Å². The molecule has 0 atom stereocenters. The van der Waals surface area contributed by atoms with Gasteiger partial charge in [0.05, 0.1) is 11.1 Å². The molecule has 6 heteroatoms. The zero-order valence-electron chi connectivity index (χ0n) is 13.0. The van der Waals surface area contributed by atoms with Crippen molar-refractivity contribution < 1.29 is 13.2 Å². The second-order valence-electron chi connectivity index (χ2n) is 5.63. The van der Waals surface area contributed by atoms with Crippen LogP contribution in [0.2, 0.25) is 5.02 Å². The molecule has 1 aromatic heterocycles. The number of aryl methyl sites for hydroxylation is 2. The molecule has 0 radical (unpaired) electrons. The molecule has 0 aliphatic carbocycles. The molecular formula is C18H14ClF3N2. The molecule has 1 N–H and O–H groups in total. The second-order valence-corrected chi connectivity index (χ2v) is 6.06. The van der Waals surface area contributed by atoms with Gasteiger partial charge in [-0.05, 0) is 55.8 Å². The number of hydrogen-bond acceptors (Lipinski definition) is 2. The number of hydrogen-bond donors (Lipinski definition) is 1. The summed E-state index contributed by atoms with van der Waals surface area (Å²) in [7, 11) is 0. The van der Waals surface area contributed by atoms with Crippen molar-refractivity contribution in [3.05, 3.63) is 64.3 Å². The minimum Gasteiger partial charge on any atom is -0.355 e. The first kappa shape index (κ1) is 16.6. The Kier molecular flexibility index (Phi) is 4.13. The monoisotopic (exact) mass is 350 g/mol. The Bertz CT molecular complexity index is 920. The molecule has 1 heterocycles. The van der Waals surface area contributed by atoms with Gasteiger partial charge in [0.15, 0.2) is 0 Å². The van der Waals surface area contributed by atoms with Gasteiger partial charge in [-0.2, -0.15) is 13.2 Å². The number of nitrogens with zero attached hydrogens (tertiary/aromatic N) is 1. The molecule has 124 valence electrons. The van der Waals surface area contributed by atoms with Gasteiger partial charge in [0, 0.05) is 27.5 Å². The molecule has 2 aromatic carbocycles. The zero-order valence-corrected chi connectivity index (χ0v) is 13.8. The quantitative estimate of drug-likeness (QED) is 0.589. The number of rotatable bonds is 2. The highest BCUT2D eigenvalue weighted by molar-refractivity contribution is 6.30. The Balaban J connectivity index is 2.10. The van der Waals surface area contributed by atoms with Crippen LogP contribution in [0, 0.1) is 13.8 Å². The van der Waals surface area contributed by atoms with Gasteiger partial charge < -0.3 is 5.32 Å². The van der Waals surface area contributed by atoms with Crippen LogP contribution in [0.5, 0.6) is 0 Å². The third kappa shape index (κ3) is 3.31. The van der Waals surface area contributed by atoms with E-state index in [0.717, 1.165) is 23.4 Å². The number of fused-ring (bicyclic) bond motifs is 1. The van der Waals surface area contributed by atoms with Gasteiger partial charge in [0.1, 0.15) is 0 Å². The van der Waals surface area contributed by atoms with Crippen LogP contribution in [0.3, 0.4) is 0 Å². The van der Waals surface area contributed by atoms with Crippen molar-refractivity contribution in [2.24, 2.45) is 0 Å². The molecule has 0 amide bonds. The molecular weight excluding hydrogens is 337 g/mol. The van der Waals surface area contributed by atoms with E-state index in [1.54, 1.807) is 13.0 Å². The minimum atomic E-state index is -4.39. The average molecular weight is 351 g/mol. The van der Waals surface area contributed by atoms with Crippen molar-refractivity contribution in [1.82, 2.24) is 4.98 Å². The predicted molar refractivity (Wildman–Crippen MR) is 91.0 cm³/mol. The zero-order chi connectivity index (χ0) is 17.5. The second kappa shape index (κ2) is 5.98. The van der Waals surface area contributed by atoms with E-state index in [1.807, 2.05) is 25.1 Å². The third-order valence-electron chi connectivity index (χ3n) is 3.72. The molecule has 2 nitrogen and oxygen atoms in total. The maximum atomic E-state index is 12.9. The molecule has 3 aromatic rings. The average Bonchev–Trinajstić information content (AvgIpc) is 2.48. The first-order chi connectivity index (χ1) is 11.2. The van der Waals surface area contributed by atoms with Crippen LogP contribution < -0.4 is 5.32 Å². The van der Waals surface area contributed by atoms with Gasteiger partial charge in [-0.3, -0.25) is 4.98 Å². The Morgan fingerprint density at radius 3 is 2.38 bits per heavy atom. The molecule has 0 unspecified atom stereocenters. The lowest BCUT2D eigenvalue weighted by Crippen LogP contribution is -2.05. The Morgan fingerprint density at radius 2 is 1.71 bits per heavy atom. The van der Waals surface area contributed by atoms with Crippen LogP contribution in [-0.2, 0) is 6.18 Å². The molecule has 0 aliphatic rings. The first-order valence-electron chi connectivity index (χ1n) is 7.26. The topological polar surface area (TPSA) is 24.9 Å². The number of aromatic nitrogens is 1. The van der Waals surface area contributed by atoms with Crippen LogP contribution in [0.25, 0.3) is 10.9 Å². The standard InChI is InChI=1S/C18H14ClF3N2/c1-10-7-13(19)4-6-15(10)24-16-8-11(2)23-17-9-12(18(20,21)22)3-5-14(16)17/h3-9H,1-2H3,(H,23,24). The highest BCUT2D eigenvalue weighted by atomic mass is 35.5. The number of alkyl halides is 3. The van der Waals surface area contributed by atoms with Crippen LogP contribution in [0.4, 0.5) is 24.5 Å². The Hall–Kier alpha value is -2.27. The number of anilines is 2. The number of nitrogens with one attached hydrogen (secondary N) is 1. The van der Waals surface area contributed by atoms with Gasteiger partial charge in [0.25, 0.3) is 0 Å². The largest absolute Gasteiger partial charge is 0.416 e. The molecule has 3 rings (SSSR count). The summed E-state index contributed by atoms with van der Waals surface area (Å²) in [6, 6.07) is 10.8. The van der Waals surface area contributed by atoms with Crippen LogP contribution in [0.15, 0.2) is 42.5 Å². The van der Waals surface area contributed by atoms with Gasteiger partial charge in [-0.25, -0.2) is 0 Å². The Labute approximate surface area is 142 Å². The van der Waals surface area contributed by atoms with Crippen molar-refractivity contribution in [3.63, 3.8) is 0 Å². The van der Waals surface area contributed by atoms with Gasteiger partial charge in [0.2, 0.25) is 0 Å². The fraction of sp³-hybridized carbons (Fsp3) is 0.167. The van der Waals surface area contributed by atoms with Crippen molar-refractivity contribution in [2.45, 2.75) is 20.0 Å². The summed E-state index contributed by atoms with van der Waals surface area (Å²) in [6.45, 7) is 3.66. The minimum absolute atomic E-state index is 0.305. The van der Waals surface area contributed by atoms with E-state index >= 15 is 0 Å². The molecule has 0 bridgehead atoms. The van der Waals surface area contributed by atoms with Crippen LogP contribution >= 0.6 is 11.6 Å². The Morgan fingerprint density at radius 1 is 0.958 bits per heavy atom. The molecule has 0 spiro atoms. The van der Waals surface area contributed by atoms with E-state index in [-0.39, 0.29) is 0 Å². The van der Waals surface area contributed by atoms with E-state index in [0.29, 0.717) is 27.3 Å². The van der Waals surface area contributed by atoms with E-state index in [2.05, 4.69) is 10.3 Å². The SMILES string of the molecule is Cc1cc(Nc2ccc(Cl)cc2C)c2ccc(C(F)(F)F)cc2n1. The lowest BCUT2D eigenvalue weighted by Gasteiger charge is -2.14. The highest BCUT2D eigenvalue weighted by Gasteiger charge is 2.30. The van der Waals surface area contributed by atoms with Gasteiger partial charge >= 0.3 is 6.18 Å². The van der Waals surface area contributed by atoms with E-state index in [4.69, 9.17) is 11.6 Å². The summed E-state index contributed by atoms with van der Waals surface area (Å²) < 4.78 is 38.7. The van der Waals surface area contributed by atoms with Crippen molar-refractivity contribution in [1.29, 1.82) is 0 Å². The number of halogens is 4. The van der Waals surface area contributed by atoms with Crippen LogP contribution in [0.1, 0.15) is 16.8 Å². The summed E-state index contributed by atoms with van der Waals surface area (Å²) in [5, 5.41) is 4.52. The molecule has 0 fully saturated rings. The van der Waals surface area contributed by atoms with Gasteiger partial charge in [-0.15, -0.1) is 0 Å². The first-order valence-corrected chi connectivity index (χ1v) is 7.63. The third-order valence-corrected chi connectivity index (χ3v) is 3.96. The van der Waals surface area contributed by atoms with Crippen molar-refractivity contribution >= 4 is 33.9 Å². The van der Waals surface area contributed by atoms with E-state index < -0.39 is 11.7 Å². The highest BCUT2D eigenvalue weighted by Crippen LogP contribution is 2.34. The lowest BCUT2D eigenvalue weighted by molar-refractivity contribution is -0.137. The van der Waals surface area contributed by atoms with E-state index in [1.165, 1.54) is 6.07 Å². The number of pyridine rings is 1. The maximum Gasteiger partial charge on any atom is 0.416 e. The molecule has 0 aliphatic heterocycles. The molecule has 24 heavy (non-hydrogen) atoms. The van der Waals surface area contributed by atoms with Crippen molar-refractivity contribution in [3.8, 4) is 0 Å². The molecule has 0 saturated carbocycles. The smallest absolute Gasteiger partial charge is 0.355 e. The molecule has 0 saturated heterocycles. The normalized spacial score (nSPS) is 11.8. The van der Waals surface area contributed by atoms with Crippen molar-refractivity contribution in [2.75, 3.05) is 5.32 Å². The summed E-state index contributed by atoms with van der Waals surface area (Å²) in [6.07, 6.45) is -4.39. The van der Waals surface area contributed by atoms with Gasteiger partial charge in [-0.1, -0.05) is 17.7 Å². The predicted octanol–water partition coefficient (Wildman–Crippen LogP) is 6.27. The maximum absolute atomic E-state index is 12.9. The lowest BCUT2D eigenvalue weighted by atomic mass is 10.1. The fourth-order valence-electron chi connectivity index (χ4n) is 2.55. The summed E-state index contributed by atoms with van der Waals surface area (Å²) in [5.41, 5.74) is 2.72. The summed E-state index contributed by atoms with van der Waals surface area (Å²) >= 11 is 5.96. The summed E-state index contributed by atoms with van der Waals surface area (Å²) in [4.78, 5) is 4.23. The number of benzene rings is 2. The fourth-order valence-corrected chi connectivity index (χ4v) is 2.78.